The molecular formula is C18H29N3OS. The molecule has 23 heavy (non-hydrogen) atoms. The van der Waals surface area contributed by atoms with Gasteiger partial charge in [-0.15, -0.1) is 0 Å². The topological polar surface area (TPSA) is 45.2 Å². The fourth-order valence-electron chi connectivity index (χ4n) is 2.87. The Bertz CT molecular complexity index is 463. The molecule has 2 rings (SSSR count). The third kappa shape index (κ3) is 6.05. The van der Waals surface area contributed by atoms with Crippen molar-refractivity contribution in [2.75, 3.05) is 19.3 Å². The molecule has 0 saturated heterocycles. The van der Waals surface area contributed by atoms with Crippen LogP contribution in [0.15, 0.2) is 24.4 Å². The lowest BCUT2D eigenvalue weighted by Gasteiger charge is -2.25. The van der Waals surface area contributed by atoms with Crippen molar-refractivity contribution < 1.29 is 4.79 Å². The number of carbonyl (C=O) groups is 1. The molecule has 0 unspecified atom stereocenters. The van der Waals surface area contributed by atoms with Gasteiger partial charge < -0.3 is 10.2 Å². The van der Waals surface area contributed by atoms with E-state index < -0.39 is 0 Å². The van der Waals surface area contributed by atoms with Crippen molar-refractivity contribution in [1.82, 2.24) is 15.2 Å². The highest BCUT2D eigenvalue weighted by Crippen LogP contribution is 2.28. The van der Waals surface area contributed by atoms with Crippen LogP contribution < -0.4 is 5.32 Å². The average Bonchev–Trinajstić information content (AvgIpc) is 2.61. The largest absolute Gasteiger partial charge is 0.338 e. The molecule has 5 heteroatoms. The second kappa shape index (κ2) is 9.81. The molecule has 0 radical (unpaired) electrons. The van der Waals surface area contributed by atoms with Crippen LogP contribution in [-0.2, 0) is 0 Å². The van der Waals surface area contributed by atoms with E-state index in [1.807, 2.05) is 32.2 Å². The molecule has 1 aliphatic carbocycles. The number of hydrogen-bond donors (Lipinski definition) is 1. The summed E-state index contributed by atoms with van der Waals surface area (Å²) in [7, 11) is 1.82. The molecule has 2 amide bonds. The summed E-state index contributed by atoms with van der Waals surface area (Å²) in [6.45, 7) is 2.75. The van der Waals surface area contributed by atoms with Gasteiger partial charge in [0.25, 0.3) is 0 Å². The van der Waals surface area contributed by atoms with Gasteiger partial charge in [-0.3, -0.25) is 4.98 Å². The monoisotopic (exact) mass is 335 g/mol. The first-order chi connectivity index (χ1) is 11.2. The number of aromatic nitrogens is 1. The Labute approximate surface area is 144 Å². The number of carbonyl (C=O) groups excluding carboxylic acids is 1. The Balaban J connectivity index is 1.62. The first kappa shape index (κ1) is 18.1. The Morgan fingerprint density at radius 3 is 2.87 bits per heavy atom. The van der Waals surface area contributed by atoms with E-state index in [2.05, 4.69) is 22.1 Å². The zero-order chi connectivity index (χ0) is 16.5. The van der Waals surface area contributed by atoms with Gasteiger partial charge in [-0.25, -0.2) is 4.79 Å². The molecule has 1 atom stereocenters. The summed E-state index contributed by atoms with van der Waals surface area (Å²) in [6, 6.07) is 5.75. The summed E-state index contributed by atoms with van der Waals surface area (Å²) < 4.78 is 0. The van der Waals surface area contributed by atoms with E-state index in [0.717, 1.165) is 29.7 Å². The maximum atomic E-state index is 12.2. The quantitative estimate of drug-likeness (QED) is 0.758. The average molecular weight is 336 g/mol. The molecule has 128 valence electrons. The van der Waals surface area contributed by atoms with E-state index in [-0.39, 0.29) is 12.1 Å². The molecule has 0 bridgehead atoms. The third-order valence-electron chi connectivity index (χ3n) is 4.52. The van der Waals surface area contributed by atoms with Crippen LogP contribution in [0.3, 0.4) is 0 Å². The molecule has 1 aromatic heterocycles. The van der Waals surface area contributed by atoms with Crippen molar-refractivity contribution in [2.45, 2.75) is 56.7 Å². The van der Waals surface area contributed by atoms with Crippen LogP contribution >= 0.6 is 11.8 Å². The van der Waals surface area contributed by atoms with Gasteiger partial charge in [0.05, 0.1) is 11.7 Å². The molecular weight excluding hydrogens is 306 g/mol. The van der Waals surface area contributed by atoms with E-state index in [1.54, 1.807) is 11.1 Å². The number of hydrogen-bond acceptors (Lipinski definition) is 3. The number of nitrogens with one attached hydrogen (secondary N) is 1. The molecule has 0 aliphatic heterocycles. The Morgan fingerprint density at radius 1 is 1.39 bits per heavy atom. The lowest BCUT2D eigenvalue weighted by atomic mass is 10.0. The van der Waals surface area contributed by atoms with E-state index in [0.29, 0.717) is 0 Å². The van der Waals surface area contributed by atoms with Crippen molar-refractivity contribution in [3.8, 4) is 0 Å². The van der Waals surface area contributed by atoms with Crippen molar-refractivity contribution >= 4 is 17.8 Å². The Morgan fingerprint density at radius 2 is 2.17 bits per heavy atom. The summed E-state index contributed by atoms with van der Waals surface area (Å²) in [5.74, 6) is 1.14. The summed E-state index contributed by atoms with van der Waals surface area (Å²) in [4.78, 5) is 18.2. The van der Waals surface area contributed by atoms with Crippen molar-refractivity contribution in [2.24, 2.45) is 0 Å². The maximum absolute atomic E-state index is 12.2. The van der Waals surface area contributed by atoms with Gasteiger partial charge in [-0.2, -0.15) is 11.8 Å². The predicted octanol–water partition coefficient (Wildman–Crippen LogP) is 4.24. The smallest absolute Gasteiger partial charge is 0.317 e. The standard InChI is InChI=1S/C18H29N3OS/c1-15(17-11-6-7-12-19-17)21(2)18(22)20-13-8-14-23-16-9-4-3-5-10-16/h6-7,11-12,15-16H,3-5,8-10,13-14H2,1-2H3,(H,20,22)/t15-/m1/s1. The Hall–Kier alpha value is -1.23. The minimum absolute atomic E-state index is 0.0205. The fourth-order valence-corrected chi connectivity index (χ4v) is 4.18. The van der Waals surface area contributed by atoms with Crippen LogP contribution in [-0.4, -0.2) is 40.5 Å². The zero-order valence-corrected chi connectivity index (χ0v) is 15.1. The molecule has 1 N–H and O–H groups in total. The molecule has 1 aliphatic rings. The first-order valence-corrected chi connectivity index (χ1v) is 9.76. The van der Waals surface area contributed by atoms with Gasteiger partial charge in [0.15, 0.2) is 0 Å². The maximum Gasteiger partial charge on any atom is 0.317 e. The van der Waals surface area contributed by atoms with Gasteiger partial charge in [-0.05, 0) is 44.1 Å². The lowest BCUT2D eigenvalue weighted by Crippen LogP contribution is -2.39. The van der Waals surface area contributed by atoms with Gasteiger partial charge in [0.2, 0.25) is 0 Å². The molecule has 0 spiro atoms. The minimum atomic E-state index is -0.0224. The van der Waals surface area contributed by atoms with Crippen molar-refractivity contribution in [3.05, 3.63) is 30.1 Å². The Kier molecular flexibility index (Phi) is 7.72. The minimum Gasteiger partial charge on any atom is -0.338 e. The van der Waals surface area contributed by atoms with Crippen LogP contribution in [0.4, 0.5) is 4.79 Å². The van der Waals surface area contributed by atoms with E-state index >= 15 is 0 Å². The number of nitrogens with zero attached hydrogens (tertiary/aromatic N) is 2. The number of thioether (sulfide) groups is 1. The van der Waals surface area contributed by atoms with E-state index in [1.165, 1.54) is 32.1 Å². The number of rotatable bonds is 7. The number of urea groups is 1. The van der Waals surface area contributed by atoms with Crippen molar-refractivity contribution in [1.29, 1.82) is 0 Å². The first-order valence-electron chi connectivity index (χ1n) is 8.71. The highest BCUT2D eigenvalue weighted by Gasteiger charge is 2.18. The third-order valence-corrected chi connectivity index (χ3v) is 5.99. The summed E-state index contributed by atoms with van der Waals surface area (Å²) >= 11 is 2.09. The lowest BCUT2D eigenvalue weighted by molar-refractivity contribution is 0.193. The fraction of sp³-hybridized carbons (Fsp3) is 0.667. The highest BCUT2D eigenvalue weighted by molar-refractivity contribution is 7.99. The van der Waals surface area contributed by atoms with Crippen LogP contribution in [0, 0.1) is 0 Å². The molecule has 1 fully saturated rings. The van der Waals surface area contributed by atoms with Crippen molar-refractivity contribution in [3.63, 3.8) is 0 Å². The second-order valence-corrected chi connectivity index (χ2v) is 7.67. The SMILES string of the molecule is C[C@H](c1ccccn1)N(C)C(=O)NCCCSC1CCCCC1. The second-order valence-electron chi connectivity index (χ2n) is 6.26. The molecule has 4 nitrogen and oxygen atoms in total. The number of amides is 2. The summed E-state index contributed by atoms with van der Waals surface area (Å²) in [5.41, 5.74) is 0.915. The van der Waals surface area contributed by atoms with Gasteiger partial charge in [0.1, 0.15) is 0 Å². The van der Waals surface area contributed by atoms with Gasteiger partial charge in [0, 0.05) is 25.0 Å². The molecule has 0 aromatic carbocycles. The van der Waals surface area contributed by atoms with Crippen LogP contribution in [0.25, 0.3) is 0 Å². The molecule has 1 saturated carbocycles. The van der Waals surface area contributed by atoms with E-state index in [9.17, 15) is 4.79 Å². The molecule has 1 aromatic rings. The van der Waals surface area contributed by atoms with Gasteiger partial charge >= 0.3 is 6.03 Å². The number of pyridine rings is 1. The van der Waals surface area contributed by atoms with E-state index in [4.69, 9.17) is 0 Å². The summed E-state index contributed by atoms with van der Waals surface area (Å²) in [5, 5.41) is 3.87. The zero-order valence-electron chi connectivity index (χ0n) is 14.3. The summed E-state index contributed by atoms with van der Waals surface area (Å²) in [6.07, 6.45) is 9.75. The van der Waals surface area contributed by atoms with Gasteiger partial charge in [-0.1, -0.05) is 25.3 Å². The molecule has 1 heterocycles. The van der Waals surface area contributed by atoms with Crippen LogP contribution in [0.1, 0.15) is 57.2 Å². The van der Waals surface area contributed by atoms with Crippen LogP contribution in [0.5, 0.6) is 0 Å². The van der Waals surface area contributed by atoms with Crippen LogP contribution in [0.2, 0.25) is 0 Å². The predicted molar refractivity (Wildman–Crippen MR) is 97.8 cm³/mol. The highest BCUT2D eigenvalue weighted by atomic mass is 32.2. The normalized spacial score (nSPS) is 16.8.